The van der Waals surface area contributed by atoms with Crippen molar-refractivity contribution in [2.75, 3.05) is 12.4 Å². The summed E-state index contributed by atoms with van der Waals surface area (Å²) in [5.74, 6) is 1.65. The Morgan fingerprint density at radius 1 is 1.37 bits per heavy atom. The van der Waals surface area contributed by atoms with Crippen molar-refractivity contribution in [3.05, 3.63) is 34.6 Å². The van der Waals surface area contributed by atoms with Crippen molar-refractivity contribution in [2.45, 2.75) is 26.8 Å². The summed E-state index contributed by atoms with van der Waals surface area (Å²) in [5, 5.41) is 3.34. The number of benzene rings is 1. The molecule has 0 saturated heterocycles. The van der Waals surface area contributed by atoms with E-state index in [1.165, 1.54) is 0 Å². The topological polar surface area (TPSA) is 39.1 Å². The van der Waals surface area contributed by atoms with E-state index in [0.717, 1.165) is 27.6 Å². The van der Waals surface area contributed by atoms with Crippen LogP contribution in [0.5, 0.6) is 5.75 Å². The van der Waals surface area contributed by atoms with E-state index in [9.17, 15) is 0 Å². The van der Waals surface area contributed by atoms with Gasteiger partial charge in [-0.3, -0.25) is 4.57 Å². The maximum absolute atomic E-state index is 5.33. The average molecular weight is 324 g/mol. The number of halogens is 1. The van der Waals surface area contributed by atoms with Crippen LogP contribution in [0.2, 0.25) is 0 Å². The minimum atomic E-state index is 0.331. The van der Waals surface area contributed by atoms with Crippen LogP contribution in [0.4, 0.5) is 5.95 Å². The molecule has 1 aromatic carbocycles. The second-order valence-corrected chi connectivity index (χ2v) is 5.55. The highest BCUT2D eigenvalue weighted by Crippen LogP contribution is 2.28. The molecule has 0 spiro atoms. The van der Waals surface area contributed by atoms with Gasteiger partial charge in [0.2, 0.25) is 5.95 Å². The second kappa shape index (κ2) is 5.65. The molecule has 0 saturated carbocycles. The van der Waals surface area contributed by atoms with Crippen molar-refractivity contribution in [3.63, 3.8) is 0 Å². The fourth-order valence-corrected chi connectivity index (χ4v) is 2.26. The first-order chi connectivity index (χ1) is 9.01. The van der Waals surface area contributed by atoms with Crippen LogP contribution in [-0.4, -0.2) is 22.7 Å². The third-order valence-corrected chi connectivity index (χ3v) is 3.31. The largest absolute Gasteiger partial charge is 0.495 e. The van der Waals surface area contributed by atoms with E-state index in [1.54, 1.807) is 7.11 Å². The molecule has 1 N–H and O–H groups in total. The molecule has 2 rings (SSSR count). The highest BCUT2D eigenvalue weighted by Gasteiger charge is 2.10. The number of hydrogen-bond donors (Lipinski definition) is 1. The maximum atomic E-state index is 5.33. The monoisotopic (exact) mass is 323 g/mol. The van der Waals surface area contributed by atoms with E-state index < -0.39 is 0 Å². The van der Waals surface area contributed by atoms with Crippen LogP contribution in [0.3, 0.4) is 0 Å². The Kier molecular flexibility index (Phi) is 4.14. The minimum Gasteiger partial charge on any atom is -0.495 e. The fourth-order valence-electron chi connectivity index (χ4n) is 1.85. The van der Waals surface area contributed by atoms with Crippen LogP contribution in [0.1, 0.15) is 19.5 Å². The summed E-state index contributed by atoms with van der Waals surface area (Å²) in [7, 11) is 1.66. The third kappa shape index (κ3) is 3.10. The van der Waals surface area contributed by atoms with Crippen molar-refractivity contribution in [2.24, 2.45) is 0 Å². The van der Waals surface area contributed by atoms with Crippen LogP contribution < -0.4 is 10.1 Å². The van der Waals surface area contributed by atoms with E-state index in [1.807, 2.05) is 35.9 Å². The predicted octanol–water partition coefficient (Wildman–Crippen LogP) is 3.77. The molecule has 19 heavy (non-hydrogen) atoms. The van der Waals surface area contributed by atoms with Crippen LogP contribution in [0.25, 0.3) is 5.69 Å². The van der Waals surface area contributed by atoms with Gasteiger partial charge >= 0.3 is 0 Å². The smallest absolute Gasteiger partial charge is 0.207 e. The van der Waals surface area contributed by atoms with Gasteiger partial charge in [-0.25, -0.2) is 4.98 Å². The van der Waals surface area contributed by atoms with Gasteiger partial charge in [-0.2, -0.15) is 0 Å². The van der Waals surface area contributed by atoms with Gasteiger partial charge < -0.3 is 10.1 Å². The van der Waals surface area contributed by atoms with Crippen molar-refractivity contribution >= 4 is 21.9 Å². The lowest BCUT2D eigenvalue weighted by atomic mass is 10.3. The summed E-state index contributed by atoms with van der Waals surface area (Å²) in [4.78, 5) is 4.50. The Labute approximate surface area is 121 Å². The molecular weight excluding hydrogens is 306 g/mol. The Hall–Kier alpha value is -1.49. The van der Waals surface area contributed by atoms with Crippen LogP contribution in [0.15, 0.2) is 28.9 Å². The Bertz CT molecular complexity index is 578. The molecule has 1 heterocycles. The number of ether oxygens (including phenoxy) is 1. The normalized spacial score (nSPS) is 10.8. The molecule has 0 radical (unpaired) electrons. The van der Waals surface area contributed by atoms with Crippen molar-refractivity contribution < 1.29 is 4.74 Å². The van der Waals surface area contributed by atoms with E-state index in [0.29, 0.717) is 6.04 Å². The van der Waals surface area contributed by atoms with Gasteiger partial charge in [0.05, 0.1) is 23.0 Å². The molecule has 0 amide bonds. The highest BCUT2D eigenvalue weighted by molar-refractivity contribution is 9.10. The number of nitrogens with one attached hydrogen (secondary N) is 1. The van der Waals surface area contributed by atoms with E-state index in [4.69, 9.17) is 4.74 Å². The molecular formula is C14H18BrN3O. The number of aromatic nitrogens is 2. The quantitative estimate of drug-likeness (QED) is 0.930. The van der Waals surface area contributed by atoms with Gasteiger partial charge in [-0.1, -0.05) is 0 Å². The zero-order valence-corrected chi connectivity index (χ0v) is 13.2. The molecule has 102 valence electrons. The summed E-state index contributed by atoms with van der Waals surface area (Å²) in [6.07, 6.45) is 2.01. The van der Waals surface area contributed by atoms with Crippen LogP contribution in [-0.2, 0) is 0 Å². The average Bonchev–Trinajstić information content (AvgIpc) is 2.70. The Morgan fingerprint density at radius 3 is 2.74 bits per heavy atom. The molecule has 0 unspecified atom stereocenters. The third-order valence-electron chi connectivity index (χ3n) is 2.66. The first-order valence-corrected chi connectivity index (χ1v) is 6.97. The number of hydrogen-bond acceptors (Lipinski definition) is 3. The summed E-state index contributed by atoms with van der Waals surface area (Å²) >= 11 is 3.46. The number of rotatable bonds is 4. The lowest BCUT2D eigenvalue weighted by Crippen LogP contribution is -2.13. The summed E-state index contributed by atoms with van der Waals surface area (Å²) in [6.45, 7) is 6.17. The zero-order chi connectivity index (χ0) is 14.0. The first kappa shape index (κ1) is 13.9. The van der Waals surface area contributed by atoms with Gasteiger partial charge in [-0.05, 0) is 48.8 Å². The highest BCUT2D eigenvalue weighted by atomic mass is 79.9. The molecule has 5 heteroatoms. The van der Waals surface area contributed by atoms with Gasteiger partial charge in [0, 0.05) is 18.3 Å². The lowest BCUT2D eigenvalue weighted by molar-refractivity contribution is 0.412. The molecule has 0 aliphatic heterocycles. The SMILES string of the molecule is COc1cc(-n2cc(C)nc2NC(C)C)ccc1Br. The summed E-state index contributed by atoms with van der Waals surface area (Å²) in [6, 6.07) is 6.32. The molecule has 0 bridgehead atoms. The molecule has 1 aromatic heterocycles. The second-order valence-electron chi connectivity index (χ2n) is 4.69. The Balaban J connectivity index is 2.46. The number of aryl methyl sites for hydroxylation is 1. The standard InChI is InChI=1S/C14H18BrN3O/c1-9(2)16-14-17-10(3)8-18(14)11-5-6-12(15)13(7-11)19-4/h5-9H,1-4H3,(H,16,17). The van der Waals surface area contributed by atoms with E-state index in [-0.39, 0.29) is 0 Å². The summed E-state index contributed by atoms with van der Waals surface area (Å²) in [5.41, 5.74) is 1.99. The van der Waals surface area contributed by atoms with Crippen molar-refractivity contribution in [1.82, 2.24) is 9.55 Å². The van der Waals surface area contributed by atoms with Crippen molar-refractivity contribution in [3.8, 4) is 11.4 Å². The number of nitrogens with zero attached hydrogens (tertiary/aromatic N) is 2. The van der Waals surface area contributed by atoms with Gasteiger partial charge in [0.15, 0.2) is 0 Å². The van der Waals surface area contributed by atoms with Crippen LogP contribution in [0, 0.1) is 6.92 Å². The van der Waals surface area contributed by atoms with Gasteiger partial charge in [0.1, 0.15) is 5.75 Å². The van der Waals surface area contributed by atoms with Crippen molar-refractivity contribution in [1.29, 1.82) is 0 Å². The molecule has 0 atom stereocenters. The fraction of sp³-hybridized carbons (Fsp3) is 0.357. The molecule has 2 aromatic rings. The van der Waals surface area contributed by atoms with Gasteiger partial charge in [0.25, 0.3) is 0 Å². The van der Waals surface area contributed by atoms with Crippen LogP contribution >= 0.6 is 15.9 Å². The lowest BCUT2D eigenvalue weighted by Gasteiger charge is -2.13. The van der Waals surface area contributed by atoms with E-state index >= 15 is 0 Å². The molecule has 4 nitrogen and oxygen atoms in total. The Morgan fingerprint density at radius 2 is 2.11 bits per heavy atom. The number of imidazole rings is 1. The molecule has 0 fully saturated rings. The zero-order valence-electron chi connectivity index (χ0n) is 11.6. The summed E-state index contributed by atoms with van der Waals surface area (Å²) < 4.78 is 8.30. The first-order valence-electron chi connectivity index (χ1n) is 6.17. The van der Waals surface area contributed by atoms with E-state index in [2.05, 4.69) is 40.1 Å². The number of anilines is 1. The minimum absolute atomic E-state index is 0.331. The number of methoxy groups -OCH3 is 1. The predicted molar refractivity (Wildman–Crippen MR) is 81.3 cm³/mol. The molecule has 0 aliphatic rings. The molecule has 0 aliphatic carbocycles. The van der Waals surface area contributed by atoms with Gasteiger partial charge in [-0.15, -0.1) is 0 Å². The maximum Gasteiger partial charge on any atom is 0.207 e.